The van der Waals surface area contributed by atoms with Gasteiger partial charge in [-0.05, 0) is 43.1 Å². The number of piperidine rings is 1. The third-order valence-corrected chi connectivity index (χ3v) is 4.24. The molecule has 1 aliphatic heterocycles. The van der Waals surface area contributed by atoms with Gasteiger partial charge in [0.05, 0.1) is 0 Å². The number of para-hydroxylation sites is 1. The normalized spacial score (nSPS) is 20.1. The highest BCUT2D eigenvalue weighted by atomic mass is 14.9. The third kappa shape index (κ3) is 1.83. The van der Waals surface area contributed by atoms with E-state index in [1.165, 1.54) is 46.6 Å². The molecular weight excluding hydrogens is 232 g/mol. The molecule has 0 spiro atoms. The number of fused-ring (bicyclic) bond motifs is 3. The maximum Gasteiger partial charge on any atom is 0.0465 e. The largest absolute Gasteiger partial charge is 0.355 e. The summed E-state index contributed by atoms with van der Waals surface area (Å²) in [6.45, 7) is 1.15. The minimum Gasteiger partial charge on any atom is -0.355 e. The van der Waals surface area contributed by atoms with Gasteiger partial charge >= 0.3 is 0 Å². The van der Waals surface area contributed by atoms with Gasteiger partial charge in [-0.3, -0.25) is 0 Å². The number of nitrogens with one attached hydrogen (secondary N) is 2. The summed E-state index contributed by atoms with van der Waals surface area (Å²) in [5.74, 6) is 0. The molecule has 0 aliphatic carbocycles. The highest BCUT2D eigenvalue weighted by Gasteiger charge is 2.15. The van der Waals surface area contributed by atoms with E-state index in [9.17, 15) is 0 Å². The zero-order chi connectivity index (χ0) is 12.7. The van der Waals surface area contributed by atoms with E-state index >= 15 is 0 Å². The van der Waals surface area contributed by atoms with Gasteiger partial charge in [0.15, 0.2) is 0 Å². The molecule has 0 saturated carbocycles. The molecular formula is C17H18N2. The molecule has 0 radical (unpaired) electrons. The van der Waals surface area contributed by atoms with Crippen LogP contribution in [0, 0.1) is 0 Å². The van der Waals surface area contributed by atoms with Crippen molar-refractivity contribution in [1.82, 2.24) is 10.3 Å². The van der Waals surface area contributed by atoms with E-state index in [2.05, 4.69) is 52.8 Å². The highest BCUT2D eigenvalue weighted by molar-refractivity contribution is 6.07. The van der Waals surface area contributed by atoms with Crippen molar-refractivity contribution in [2.24, 2.45) is 0 Å². The van der Waals surface area contributed by atoms with Gasteiger partial charge < -0.3 is 10.3 Å². The van der Waals surface area contributed by atoms with Gasteiger partial charge in [0.1, 0.15) is 0 Å². The zero-order valence-corrected chi connectivity index (χ0v) is 10.9. The van der Waals surface area contributed by atoms with Gasteiger partial charge in [0.25, 0.3) is 0 Å². The molecule has 19 heavy (non-hydrogen) atoms. The smallest absolute Gasteiger partial charge is 0.0465 e. The van der Waals surface area contributed by atoms with E-state index in [-0.39, 0.29) is 0 Å². The van der Waals surface area contributed by atoms with Crippen molar-refractivity contribution in [3.8, 4) is 0 Å². The average molecular weight is 250 g/mol. The molecule has 1 saturated heterocycles. The number of hydrogen-bond donors (Lipinski definition) is 2. The first-order chi connectivity index (χ1) is 9.42. The lowest BCUT2D eigenvalue weighted by Crippen LogP contribution is -2.26. The van der Waals surface area contributed by atoms with Crippen LogP contribution in [0.3, 0.4) is 0 Å². The minimum atomic E-state index is 0.534. The van der Waals surface area contributed by atoms with Crippen LogP contribution < -0.4 is 5.32 Å². The van der Waals surface area contributed by atoms with Crippen molar-refractivity contribution in [1.29, 1.82) is 0 Å². The molecule has 1 aliphatic rings. The van der Waals surface area contributed by atoms with Crippen molar-refractivity contribution >= 4 is 21.8 Å². The van der Waals surface area contributed by atoms with E-state index in [1.807, 2.05) is 0 Å². The van der Waals surface area contributed by atoms with E-state index in [1.54, 1.807) is 0 Å². The number of rotatable bonds is 1. The van der Waals surface area contributed by atoms with Crippen LogP contribution in [0.5, 0.6) is 0 Å². The molecule has 4 rings (SSSR count). The van der Waals surface area contributed by atoms with E-state index < -0.39 is 0 Å². The molecule has 2 aromatic carbocycles. The third-order valence-electron chi connectivity index (χ3n) is 4.24. The second-order valence-electron chi connectivity index (χ2n) is 5.48. The van der Waals surface area contributed by atoms with E-state index in [4.69, 9.17) is 0 Å². The van der Waals surface area contributed by atoms with Crippen molar-refractivity contribution < 1.29 is 0 Å². The second-order valence-corrected chi connectivity index (χ2v) is 5.48. The summed E-state index contributed by atoms with van der Waals surface area (Å²) < 4.78 is 0. The van der Waals surface area contributed by atoms with Crippen LogP contribution in [0.2, 0.25) is 0 Å². The van der Waals surface area contributed by atoms with Gasteiger partial charge in [-0.15, -0.1) is 0 Å². The number of benzene rings is 2. The molecule has 2 nitrogen and oxygen atoms in total. The molecule has 0 bridgehead atoms. The summed E-state index contributed by atoms with van der Waals surface area (Å²) in [7, 11) is 0. The maximum absolute atomic E-state index is 3.63. The van der Waals surface area contributed by atoms with Crippen LogP contribution >= 0.6 is 0 Å². The number of H-pyrrole nitrogens is 1. The van der Waals surface area contributed by atoms with Crippen LogP contribution in [-0.4, -0.2) is 11.5 Å². The fourth-order valence-electron chi connectivity index (χ4n) is 3.22. The summed E-state index contributed by atoms with van der Waals surface area (Å²) in [5.41, 5.74) is 3.89. The Kier molecular flexibility index (Phi) is 2.56. The highest BCUT2D eigenvalue weighted by Crippen LogP contribution is 2.30. The van der Waals surface area contributed by atoms with Crippen LogP contribution in [-0.2, 0) is 0 Å². The fourth-order valence-corrected chi connectivity index (χ4v) is 3.22. The Balaban J connectivity index is 1.87. The Morgan fingerprint density at radius 3 is 2.68 bits per heavy atom. The van der Waals surface area contributed by atoms with Gasteiger partial charge in [0, 0.05) is 27.8 Å². The van der Waals surface area contributed by atoms with Crippen molar-refractivity contribution in [3.63, 3.8) is 0 Å². The molecule has 1 aromatic heterocycles. The fraction of sp³-hybridized carbons (Fsp3) is 0.294. The lowest BCUT2D eigenvalue weighted by molar-refractivity contribution is 0.412. The first-order valence-corrected chi connectivity index (χ1v) is 7.15. The Morgan fingerprint density at radius 2 is 1.79 bits per heavy atom. The Bertz CT molecular complexity index is 720. The van der Waals surface area contributed by atoms with Gasteiger partial charge in [-0.1, -0.05) is 30.7 Å². The van der Waals surface area contributed by atoms with Crippen LogP contribution in [0.25, 0.3) is 21.8 Å². The number of aromatic nitrogens is 1. The molecule has 3 aromatic rings. The van der Waals surface area contributed by atoms with Crippen LogP contribution in [0.4, 0.5) is 0 Å². The Morgan fingerprint density at radius 1 is 0.895 bits per heavy atom. The molecule has 1 fully saturated rings. The van der Waals surface area contributed by atoms with Crippen molar-refractivity contribution in [3.05, 3.63) is 48.0 Å². The summed E-state index contributed by atoms with van der Waals surface area (Å²) in [4.78, 5) is 3.49. The summed E-state index contributed by atoms with van der Waals surface area (Å²) in [6.07, 6.45) is 3.91. The molecule has 2 heteroatoms. The van der Waals surface area contributed by atoms with Gasteiger partial charge in [0.2, 0.25) is 0 Å². The minimum absolute atomic E-state index is 0.534. The van der Waals surface area contributed by atoms with E-state index in [0.717, 1.165) is 6.54 Å². The van der Waals surface area contributed by atoms with E-state index in [0.29, 0.717) is 6.04 Å². The molecule has 96 valence electrons. The quantitative estimate of drug-likeness (QED) is 0.667. The predicted octanol–water partition coefficient (Wildman–Crippen LogP) is 4.14. The average Bonchev–Trinajstić information content (AvgIpc) is 2.86. The number of hydrogen-bond acceptors (Lipinski definition) is 1. The molecule has 1 unspecified atom stereocenters. The number of aromatic amines is 1. The molecule has 0 amide bonds. The van der Waals surface area contributed by atoms with Crippen molar-refractivity contribution in [2.45, 2.75) is 25.3 Å². The standard InChI is InChI=1S/C17H18N2/c1-2-7-16-13(5-1)14-11-12(8-9-17(14)19-16)15-6-3-4-10-18-15/h1-2,5,7-9,11,15,18-19H,3-4,6,10H2. The maximum atomic E-state index is 3.63. The lowest BCUT2D eigenvalue weighted by Gasteiger charge is -2.23. The first-order valence-electron chi connectivity index (χ1n) is 7.15. The second kappa shape index (κ2) is 4.39. The van der Waals surface area contributed by atoms with Gasteiger partial charge in [-0.2, -0.15) is 0 Å². The van der Waals surface area contributed by atoms with Gasteiger partial charge in [-0.25, -0.2) is 0 Å². The molecule has 2 heterocycles. The Hall–Kier alpha value is -1.80. The van der Waals surface area contributed by atoms with Crippen LogP contribution in [0.15, 0.2) is 42.5 Å². The summed E-state index contributed by atoms with van der Waals surface area (Å²) in [5, 5.41) is 6.31. The predicted molar refractivity (Wildman–Crippen MR) is 80.4 cm³/mol. The monoisotopic (exact) mass is 250 g/mol. The Labute approximate surface area is 112 Å². The topological polar surface area (TPSA) is 27.8 Å². The summed E-state index contributed by atoms with van der Waals surface area (Å²) >= 11 is 0. The SMILES string of the molecule is c1ccc2c(c1)[nH]c1ccc(C3CCCCN3)cc12. The lowest BCUT2D eigenvalue weighted by atomic mass is 9.96. The molecule has 1 atom stereocenters. The molecule has 2 N–H and O–H groups in total. The van der Waals surface area contributed by atoms with Crippen LogP contribution in [0.1, 0.15) is 30.9 Å². The van der Waals surface area contributed by atoms with Crippen molar-refractivity contribution in [2.75, 3.05) is 6.54 Å². The summed E-state index contributed by atoms with van der Waals surface area (Å²) in [6, 6.07) is 15.9. The zero-order valence-electron chi connectivity index (χ0n) is 10.9. The first kappa shape index (κ1) is 11.1.